The molecule has 1 aromatic rings. The van der Waals surface area contributed by atoms with Crippen LogP contribution < -0.4 is 10.1 Å². The molecule has 4 heteroatoms. The average Bonchev–Trinajstić information content (AvgIpc) is 2.16. The van der Waals surface area contributed by atoms with Gasteiger partial charge in [0.05, 0.1) is 12.1 Å². The van der Waals surface area contributed by atoms with Gasteiger partial charge in [-0.1, -0.05) is 37.0 Å². The van der Waals surface area contributed by atoms with Gasteiger partial charge in [-0.25, -0.2) is 0 Å². The molecule has 1 rings (SSSR count). The van der Waals surface area contributed by atoms with Gasteiger partial charge in [-0.2, -0.15) is 0 Å². The first-order valence-electron chi connectivity index (χ1n) is 5.27. The van der Waals surface area contributed by atoms with Gasteiger partial charge in [0.25, 0.3) is 0 Å². The molecule has 0 aliphatic rings. The Hall–Kier alpha value is -0.440. The zero-order chi connectivity index (χ0) is 12.1. The summed E-state index contributed by atoms with van der Waals surface area (Å²) in [6.45, 7) is 5.99. The Labute approximate surface area is 107 Å². The van der Waals surface area contributed by atoms with E-state index in [1.165, 1.54) is 0 Å². The molecule has 0 amide bonds. The summed E-state index contributed by atoms with van der Waals surface area (Å²) in [4.78, 5) is 0. The average molecular weight is 262 g/mol. The highest BCUT2D eigenvalue weighted by Crippen LogP contribution is 2.31. The van der Waals surface area contributed by atoms with Crippen molar-refractivity contribution in [2.45, 2.75) is 20.4 Å². The molecule has 0 aliphatic heterocycles. The highest BCUT2D eigenvalue weighted by molar-refractivity contribution is 6.35. The summed E-state index contributed by atoms with van der Waals surface area (Å²) in [5.41, 5.74) is 0.987. The lowest BCUT2D eigenvalue weighted by atomic mass is 10.1. The number of benzene rings is 1. The first kappa shape index (κ1) is 13.6. The van der Waals surface area contributed by atoms with Crippen molar-refractivity contribution in [3.8, 4) is 5.75 Å². The molecule has 16 heavy (non-hydrogen) atoms. The van der Waals surface area contributed by atoms with Crippen molar-refractivity contribution in [3.63, 3.8) is 0 Å². The maximum absolute atomic E-state index is 6.04. The topological polar surface area (TPSA) is 21.3 Å². The molecule has 0 aromatic heterocycles. The number of nitrogens with one attached hydrogen (secondary N) is 1. The van der Waals surface area contributed by atoms with E-state index >= 15 is 0 Å². The molecule has 0 bridgehead atoms. The summed E-state index contributed by atoms with van der Waals surface area (Å²) in [7, 11) is 1.61. The van der Waals surface area contributed by atoms with E-state index in [-0.39, 0.29) is 0 Å². The third-order valence-corrected chi connectivity index (χ3v) is 2.66. The van der Waals surface area contributed by atoms with Crippen molar-refractivity contribution in [2.75, 3.05) is 13.7 Å². The van der Waals surface area contributed by atoms with Gasteiger partial charge in [0.1, 0.15) is 5.75 Å². The highest BCUT2D eigenvalue weighted by Gasteiger charge is 2.09. The minimum atomic E-state index is 0.552. The predicted molar refractivity (Wildman–Crippen MR) is 69.6 cm³/mol. The van der Waals surface area contributed by atoms with E-state index in [1.807, 2.05) is 6.07 Å². The van der Waals surface area contributed by atoms with Gasteiger partial charge in [-0.05, 0) is 24.6 Å². The number of ether oxygens (including phenoxy) is 1. The largest absolute Gasteiger partial charge is 0.495 e. The van der Waals surface area contributed by atoms with Gasteiger partial charge in [-0.15, -0.1) is 0 Å². The van der Waals surface area contributed by atoms with Crippen LogP contribution in [0.25, 0.3) is 0 Å². The smallest absolute Gasteiger partial charge is 0.142 e. The van der Waals surface area contributed by atoms with Crippen molar-refractivity contribution >= 4 is 23.2 Å². The number of hydrogen-bond acceptors (Lipinski definition) is 2. The number of rotatable bonds is 5. The Morgan fingerprint density at radius 1 is 1.31 bits per heavy atom. The van der Waals surface area contributed by atoms with Gasteiger partial charge in [0.2, 0.25) is 0 Å². The lowest BCUT2D eigenvalue weighted by Gasteiger charge is -2.12. The van der Waals surface area contributed by atoms with Gasteiger partial charge in [-0.3, -0.25) is 0 Å². The Balaban J connectivity index is 2.77. The van der Waals surface area contributed by atoms with Crippen LogP contribution in [0.5, 0.6) is 5.75 Å². The molecule has 0 spiro atoms. The normalized spacial score (nSPS) is 10.9. The summed E-state index contributed by atoms with van der Waals surface area (Å²) in [6.07, 6.45) is 0. The first-order valence-corrected chi connectivity index (χ1v) is 6.02. The zero-order valence-electron chi connectivity index (χ0n) is 9.81. The van der Waals surface area contributed by atoms with E-state index < -0.39 is 0 Å². The quantitative estimate of drug-likeness (QED) is 0.872. The monoisotopic (exact) mass is 261 g/mol. The zero-order valence-corrected chi connectivity index (χ0v) is 11.3. The van der Waals surface area contributed by atoms with Gasteiger partial charge < -0.3 is 10.1 Å². The van der Waals surface area contributed by atoms with E-state index in [1.54, 1.807) is 13.2 Å². The van der Waals surface area contributed by atoms with Crippen LogP contribution >= 0.6 is 23.2 Å². The second-order valence-corrected chi connectivity index (χ2v) is 4.95. The molecular weight excluding hydrogens is 245 g/mol. The standard InChI is InChI=1S/C12H17Cl2NO/c1-8(2)6-15-7-9-4-10(13)5-11(14)12(9)16-3/h4-5,8,15H,6-7H2,1-3H3. The molecule has 0 heterocycles. The van der Waals surface area contributed by atoms with Crippen molar-refractivity contribution < 1.29 is 4.74 Å². The van der Waals surface area contributed by atoms with E-state index in [4.69, 9.17) is 27.9 Å². The molecule has 0 unspecified atom stereocenters. The molecule has 0 aliphatic carbocycles. The number of halogens is 2. The van der Waals surface area contributed by atoms with Crippen LogP contribution in [0, 0.1) is 5.92 Å². The summed E-state index contributed by atoms with van der Waals surface area (Å²) in [5, 5.41) is 4.52. The maximum atomic E-state index is 6.04. The summed E-state index contributed by atoms with van der Waals surface area (Å²) in [6, 6.07) is 3.56. The van der Waals surface area contributed by atoms with Crippen LogP contribution in [0.4, 0.5) is 0 Å². The summed E-state index contributed by atoms with van der Waals surface area (Å²) >= 11 is 12.0. The molecule has 0 radical (unpaired) electrons. The van der Waals surface area contributed by atoms with Crippen molar-refractivity contribution in [1.82, 2.24) is 5.32 Å². The molecule has 0 saturated carbocycles. The van der Waals surface area contributed by atoms with Crippen molar-refractivity contribution in [2.24, 2.45) is 5.92 Å². The van der Waals surface area contributed by atoms with Crippen LogP contribution in [0.2, 0.25) is 10.0 Å². The third kappa shape index (κ3) is 3.85. The van der Waals surface area contributed by atoms with Crippen molar-refractivity contribution in [1.29, 1.82) is 0 Å². The molecule has 90 valence electrons. The van der Waals surface area contributed by atoms with Gasteiger partial charge >= 0.3 is 0 Å². The van der Waals surface area contributed by atoms with Crippen LogP contribution in [0.15, 0.2) is 12.1 Å². The fourth-order valence-corrected chi connectivity index (χ4v) is 2.08. The van der Waals surface area contributed by atoms with E-state index in [0.29, 0.717) is 28.3 Å². The molecular formula is C12H17Cl2NO. The van der Waals surface area contributed by atoms with Gasteiger partial charge in [0.15, 0.2) is 0 Å². The number of hydrogen-bond donors (Lipinski definition) is 1. The molecule has 1 aromatic carbocycles. The summed E-state index contributed by atoms with van der Waals surface area (Å²) < 4.78 is 5.26. The Bertz CT molecular complexity index is 353. The Kier molecular flexibility index (Phi) is 5.39. The van der Waals surface area contributed by atoms with E-state index in [9.17, 15) is 0 Å². The van der Waals surface area contributed by atoms with E-state index in [0.717, 1.165) is 12.1 Å². The molecule has 0 fully saturated rings. The minimum absolute atomic E-state index is 0.552. The molecule has 1 N–H and O–H groups in total. The minimum Gasteiger partial charge on any atom is -0.495 e. The fraction of sp³-hybridized carbons (Fsp3) is 0.500. The molecule has 0 saturated heterocycles. The van der Waals surface area contributed by atoms with Crippen LogP contribution in [-0.2, 0) is 6.54 Å². The van der Waals surface area contributed by atoms with Crippen LogP contribution in [-0.4, -0.2) is 13.7 Å². The predicted octanol–water partition coefficient (Wildman–Crippen LogP) is 3.75. The first-order chi connectivity index (χ1) is 7.54. The third-order valence-electron chi connectivity index (χ3n) is 2.16. The lowest BCUT2D eigenvalue weighted by Crippen LogP contribution is -2.19. The SMILES string of the molecule is COc1c(Cl)cc(Cl)cc1CNCC(C)C. The number of methoxy groups -OCH3 is 1. The van der Waals surface area contributed by atoms with Gasteiger partial charge in [0, 0.05) is 17.1 Å². The van der Waals surface area contributed by atoms with E-state index in [2.05, 4.69) is 19.2 Å². The summed E-state index contributed by atoms with van der Waals surface area (Å²) in [5.74, 6) is 1.31. The van der Waals surface area contributed by atoms with Crippen molar-refractivity contribution in [3.05, 3.63) is 27.7 Å². The lowest BCUT2D eigenvalue weighted by molar-refractivity contribution is 0.407. The van der Waals surface area contributed by atoms with Crippen LogP contribution in [0.1, 0.15) is 19.4 Å². The Morgan fingerprint density at radius 2 is 2.00 bits per heavy atom. The maximum Gasteiger partial charge on any atom is 0.142 e. The van der Waals surface area contributed by atoms with Crippen LogP contribution in [0.3, 0.4) is 0 Å². The fourth-order valence-electron chi connectivity index (χ4n) is 1.47. The molecule has 0 atom stereocenters. The second-order valence-electron chi connectivity index (χ2n) is 4.10. The Morgan fingerprint density at radius 3 is 2.56 bits per heavy atom. The molecule has 2 nitrogen and oxygen atoms in total. The highest BCUT2D eigenvalue weighted by atomic mass is 35.5. The second kappa shape index (κ2) is 6.33.